The van der Waals surface area contributed by atoms with Crippen LogP contribution in [-0.4, -0.2) is 40.0 Å². The molecule has 0 saturated heterocycles. The van der Waals surface area contributed by atoms with E-state index in [1.165, 1.54) is 0 Å². The number of amides is 2. The third kappa shape index (κ3) is 3.45. The summed E-state index contributed by atoms with van der Waals surface area (Å²) in [6, 6.07) is 7.22. The molecule has 0 aliphatic carbocycles. The van der Waals surface area contributed by atoms with Crippen LogP contribution in [0, 0.1) is 0 Å². The van der Waals surface area contributed by atoms with Crippen molar-refractivity contribution < 1.29 is 14.3 Å². The van der Waals surface area contributed by atoms with E-state index in [1.807, 2.05) is 39.1 Å². The van der Waals surface area contributed by atoms with Crippen molar-refractivity contribution in [2.45, 2.75) is 26.0 Å². The molecule has 0 bridgehead atoms. The maximum absolute atomic E-state index is 12.6. The van der Waals surface area contributed by atoms with Crippen molar-refractivity contribution in [3.8, 4) is 11.5 Å². The van der Waals surface area contributed by atoms with Crippen LogP contribution in [0.25, 0.3) is 0 Å². The molecule has 128 valence electrons. The summed E-state index contributed by atoms with van der Waals surface area (Å²) in [4.78, 5) is 14.4. The Morgan fingerprint density at radius 3 is 2.83 bits per heavy atom. The molecule has 0 atom stereocenters. The van der Waals surface area contributed by atoms with E-state index in [0.29, 0.717) is 18.9 Å². The van der Waals surface area contributed by atoms with E-state index in [0.717, 1.165) is 17.1 Å². The minimum Gasteiger partial charge on any atom is -0.497 e. The summed E-state index contributed by atoms with van der Waals surface area (Å²) in [7, 11) is 3.43. The minimum atomic E-state index is -0.515. The van der Waals surface area contributed by atoms with Gasteiger partial charge in [0.25, 0.3) is 0 Å². The number of carbonyl (C=O) groups is 1. The fourth-order valence-electron chi connectivity index (χ4n) is 2.75. The summed E-state index contributed by atoms with van der Waals surface area (Å²) < 4.78 is 13.0. The molecule has 0 radical (unpaired) electrons. The van der Waals surface area contributed by atoms with Gasteiger partial charge in [0.1, 0.15) is 17.1 Å². The van der Waals surface area contributed by atoms with E-state index in [4.69, 9.17) is 9.47 Å². The van der Waals surface area contributed by atoms with Gasteiger partial charge < -0.3 is 14.4 Å². The fraction of sp³-hybridized carbons (Fsp3) is 0.412. The van der Waals surface area contributed by atoms with Gasteiger partial charge in [0.2, 0.25) is 0 Å². The number of methoxy groups -OCH3 is 1. The molecule has 2 amide bonds. The van der Waals surface area contributed by atoms with Gasteiger partial charge in [0, 0.05) is 30.9 Å². The van der Waals surface area contributed by atoms with Gasteiger partial charge >= 0.3 is 6.03 Å². The van der Waals surface area contributed by atoms with Crippen LogP contribution in [-0.2, 0) is 13.6 Å². The molecule has 3 rings (SSSR count). The zero-order valence-electron chi connectivity index (χ0n) is 14.4. The first kappa shape index (κ1) is 16.2. The van der Waals surface area contributed by atoms with E-state index in [-0.39, 0.29) is 6.03 Å². The number of hydrogen-bond acceptors (Lipinski definition) is 4. The molecule has 1 N–H and O–H groups in total. The number of hydrogen-bond donors (Lipinski definition) is 1. The first-order chi connectivity index (χ1) is 11.4. The third-order valence-electron chi connectivity index (χ3n) is 3.83. The van der Waals surface area contributed by atoms with Gasteiger partial charge in [-0.1, -0.05) is 0 Å². The number of urea groups is 1. The lowest BCUT2D eigenvalue weighted by Gasteiger charge is -2.29. The normalized spacial score (nSPS) is 15.9. The standard InChI is InChI=1S/C17H22N4O3/c1-17(2)11-21(16(22)18-15-7-8-20(3)19-15)10-12-5-6-13(23-4)9-14(12)24-17/h5-9H,10-11H2,1-4H3,(H,18,19,22). The van der Waals surface area contributed by atoms with Crippen LogP contribution < -0.4 is 14.8 Å². The highest BCUT2D eigenvalue weighted by Crippen LogP contribution is 2.32. The molecule has 1 aromatic heterocycles. The van der Waals surface area contributed by atoms with E-state index in [9.17, 15) is 4.79 Å². The summed E-state index contributed by atoms with van der Waals surface area (Å²) in [5, 5.41) is 7.01. The van der Waals surface area contributed by atoms with E-state index in [1.54, 1.807) is 29.0 Å². The van der Waals surface area contributed by atoms with Gasteiger partial charge in [-0.15, -0.1) is 0 Å². The number of nitrogens with zero attached hydrogens (tertiary/aromatic N) is 3. The summed E-state index contributed by atoms with van der Waals surface area (Å²) in [6.45, 7) is 4.84. The highest BCUT2D eigenvalue weighted by molar-refractivity contribution is 5.88. The Morgan fingerprint density at radius 2 is 2.17 bits per heavy atom. The Balaban J connectivity index is 1.84. The Morgan fingerprint density at radius 1 is 1.38 bits per heavy atom. The zero-order chi connectivity index (χ0) is 17.3. The lowest BCUT2D eigenvalue weighted by Crippen LogP contribution is -2.44. The maximum Gasteiger partial charge on any atom is 0.323 e. The highest BCUT2D eigenvalue weighted by Gasteiger charge is 2.32. The molecule has 0 spiro atoms. The fourth-order valence-corrected chi connectivity index (χ4v) is 2.75. The van der Waals surface area contributed by atoms with E-state index >= 15 is 0 Å². The predicted molar refractivity (Wildman–Crippen MR) is 90.3 cm³/mol. The monoisotopic (exact) mass is 330 g/mol. The van der Waals surface area contributed by atoms with Crippen LogP contribution in [0.3, 0.4) is 0 Å². The summed E-state index contributed by atoms with van der Waals surface area (Å²) in [5.41, 5.74) is 0.427. The number of anilines is 1. The third-order valence-corrected chi connectivity index (χ3v) is 3.83. The quantitative estimate of drug-likeness (QED) is 0.919. The van der Waals surface area contributed by atoms with Crippen LogP contribution in [0.4, 0.5) is 10.6 Å². The van der Waals surface area contributed by atoms with Gasteiger partial charge in [0.05, 0.1) is 20.2 Å². The maximum atomic E-state index is 12.6. The topological polar surface area (TPSA) is 68.6 Å². The van der Waals surface area contributed by atoms with Crippen LogP contribution in [0.15, 0.2) is 30.5 Å². The molecule has 2 heterocycles. The number of fused-ring (bicyclic) bond motifs is 1. The van der Waals surface area contributed by atoms with Crippen molar-refractivity contribution in [1.82, 2.24) is 14.7 Å². The van der Waals surface area contributed by atoms with Crippen molar-refractivity contribution in [2.75, 3.05) is 19.0 Å². The predicted octanol–water partition coefficient (Wildman–Crippen LogP) is 2.63. The number of aromatic nitrogens is 2. The SMILES string of the molecule is COc1ccc2c(c1)OC(C)(C)CN(C(=O)Nc1ccn(C)n1)C2. The minimum absolute atomic E-state index is 0.200. The van der Waals surface area contributed by atoms with Crippen molar-refractivity contribution in [3.63, 3.8) is 0 Å². The smallest absolute Gasteiger partial charge is 0.323 e. The second-order valence-corrected chi connectivity index (χ2v) is 6.50. The molecule has 24 heavy (non-hydrogen) atoms. The van der Waals surface area contributed by atoms with Crippen LogP contribution in [0.5, 0.6) is 11.5 Å². The number of nitrogens with one attached hydrogen (secondary N) is 1. The van der Waals surface area contributed by atoms with Gasteiger partial charge in [-0.05, 0) is 26.0 Å². The first-order valence-electron chi connectivity index (χ1n) is 7.78. The molecule has 0 saturated carbocycles. The Bertz CT molecular complexity index is 754. The second kappa shape index (κ2) is 6.07. The molecule has 7 nitrogen and oxygen atoms in total. The summed E-state index contributed by atoms with van der Waals surface area (Å²) in [6.07, 6.45) is 1.78. The van der Waals surface area contributed by atoms with Crippen molar-refractivity contribution in [2.24, 2.45) is 7.05 Å². The Hall–Kier alpha value is -2.70. The van der Waals surface area contributed by atoms with Gasteiger partial charge in [-0.25, -0.2) is 4.79 Å². The van der Waals surface area contributed by atoms with Gasteiger partial charge in [-0.2, -0.15) is 5.10 Å². The van der Waals surface area contributed by atoms with Crippen molar-refractivity contribution in [1.29, 1.82) is 0 Å². The lowest BCUT2D eigenvalue weighted by atomic mass is 10.1. The molecule has 1 aliphatic heterocycles. The second-order valence-electron chi connectivity index (χ2n) is 6.50. The van der Waals surface area contributed by atoms with Crippen LogP contribution in [0.2, 0.25) is 0 Å². The van der Waals surface area contributed by atoms with Crippen molar-refractivity contribution in [3.05, 3.63) is 36.0 Å². The number of carbonyl (C=O) groups excluding carboxylic acids is 1. The number of aryl methyl sites for hydroxylation is 1. The Kier molecular flexibility index (Phi) is 4.09. The van der Waals surface area contributed by atoms with Crippen molar-refractivity contribution >= 4 is 11.8 Å². The largest absolute Gasteiger partial charge is 0.497 e. The molecule has 2 aromatic rings. The summed E-state index contributed by atoms with van der Waals surface area (Å²) >= 11 is 0. The summed E-state index contributed by atoms with van der Waals surface area (Å²) in [5.74, 6) is 2.00. The average molecular weight is 330 g/mol. The molecule has 1 aliphatic rings. The Labute approximate surface area is 141 Å². The molecular weight excluding hydrogens is 308 g/mol. The molecule has 7 heteroatoms. The van der Waals surface area contributed by atoms with Crippen LogP contribution in [0.1, 0.15) is 19.4 Å². The van der Waals surface area contributed by atoms with Gasteiger partial charge in [0.15, 0.2) is 5.82 Å². The number of rotatable bonds is 2. The molecule has 0 unspecified atom stereocenters. The molecule has 0 fully saturated rings. The zero-order valence-corrected chi connectivity index (χ0v) is 14.4. The number of ether oxygens (including phenoxy) is 2. The highest BCUT2D eigenvalue weighted by atomic mass is 16.5. The molecule has 1 aromatic carbocycles. The first-order valence-corrected chi connectivity index (χ1v) is 7.78. The van der Waals surface area contributed by atoms with Gasteiger partial charge in [-0.3, -0.25) is 10.00 Å². The molecular formula is C17H22N4O3. The average Bonchev–Trinajstić information content (AvgIpc) is 2.85. The van der Waals surface area contributed by atoms with E-state index < -0.39 is 5.60 Å². The lowest BCUT2D eigenvalue weighted by molar-refractivity contribution is 0.0833. The van der Waals surface area contributed by atoms with E-state index in [2.05, 4.69) is 10.4 Å². The number of benzene rings is 1. The van der Waals surface area contributed by atoms with Crippen LogP contribution >= 0.6 is 0 Å².